The quantitative estimate of drug-likeness (QED) is 0.755. The lowest BCUT2D eigenvalue weighted by molar-refractivity contribution is -0.120. The predicted octanol–water partition coefficient (Wildman–Crippen LogP) is 3.28. The van der Waals surface area contributed by atoms with Crippen LogP contribution in [0.3, 0.4) is 0 Å². The van der Waals surface area contributed by atoms with Crippen LogP contribution in [0.25, 0.3) is 0 Å². The zero-order chi connectivity index (χ0) is 20.1. The summed E-state index contributed by atoms with van der Waals surface area (Å²) in [4.78, 5) is 12.5. The molecule has 0 aliphatic carbocycles. The second-order valence-corrected chi connectivity index (χ2v) is 6.76. The van der Waals surface area contributed by atoms with Gasteiger partial charge in [0.15, 0.2) is 0 Å². The van der Waals surface area contributed by atoms with Crippen LogP contribution in [-0.4, -0.2) is 32.8 Å². The van der Waals surface area contributed by atoms with Gasteiger partial charge in [-0.3, -0.25) is 4.79 Å². The fourth-order valence-electron chi connectivity index (χ4n) is 3.34. The van der Waals surface area contributed by atoms with E-state index in [1.165, 1.54) is 0 Å². The third-order valence-corrected chi connectivity index (χ3v) is 4.70. The Bertz CT molecular complexity index is 849. The number of rotatable bonds is 8. The summed E-state index contributed by atoms with van der Waals surface area (Å²) >= 11 is 0. The van der Waals surface area contributed by atoms with Gasteiger partial charge in [0.1, 0.15) is 29.1 Å². The third kappa shape index (κ3) is 4.50. The molecule has 0 saturated heterocycles. The van der Waals surface area contributed by atoms with Gasteiger partial charge in [-0.1, -0.05) is 6.07 Å². The molecular weight excluding hydrogens is 358 g/mol. The number of fused-ring (bicyclic) bond motifs is 1. The van der Waals surface area contributed by atoms with Gasteiger partial charge in [-0.2, -0.15) is 0 Å². The van der Waals surface area contributed by atoms with Crippen molar-refractivity contribution in [3.05, 3.63) is 47.0 Å². The molecule has 1 atom stereocenters. The lowest BCUT2D eigenvalue weighted by Crippen LogP contribution is -2.25. The fraction of sp³-hybridized carbons (Fsp3) is 0.409. The summed E-state index contributed by atoms with van der Waals surface area (Å²) in [5.74, 6) is 2.89. The molecule has 0 bridgehead atoms. The van der Waals surface area contributed by atoms with Crippen LogP contribution >= 0.6 is 0 Å². The molecular formula is C22H27NO5. The Morgan fingerprint density at radius 1 is 1.14 bits per heavy atom. The molecule has 1 N–H and O–H groups in total. The molecule has 1 heterocycles. The molecule has 150 valence electrons. The Balaban J connectivity index is 1.69. The van der Waals surface area contributed by atoms with Crippen molar-refractivity contribution in [1.82, 2.24) is 5.32 Å². The van der Waals surface area contributed by atoms with Gasteiger partial charge in [-0.25, -0.2) is 0 Å². The number of nitrogens with one attached hydrogen (secondary N) is 1. The molecule has 3 rings (SSSR count). The van der Waals surface area contributed by atoms with Crippen molar-refractivity contribution in [2.45, 2.75) is 39.3 Å². The summed E-state index contributed by atoms with van der Waals surface area (Å²) in [5.41, 5.74) is 2.86. The summed E-state index contributed by atoms with van der Waals surface area (Å²) < 4.78 is 22.2. The fourth-order valence-corrected chi connectivity index (χ4v) is 3.34. The van der Waals surface area contributed by atoms with Crippen molar-refractivity contribution in [2.75, 3.05) is 20.8 Å². The average Bonchev–Trinajstić information content (AvgIpc) is 3.05. The molecule has 2 aromatic carbocycles. The highest BCUT2D eigenvalue weighted by Gasteiger charge is 2.22. The number of methoxy groups -OCH3 is 2. The van der Waals surface area contributed by atoms with Crippen LogP contribution in [0.2, 0.25) is 0 Å². The Hall–Kier alpha value is -2.89. The Kier molecular flexibility index (Phi) is 6.29. The first kappa shape index (κ1) is 19.9. The average molecular weight is 385 g/mol. The van der Waals surface area contributed by atoms with E-state index in [9.17, 15) is 4.79 Å². The van der Waals surface area contributed by atoms with E-state index in [0.29, 0.717) is 24.7 Å². The molecule has 0 spiro atoms. The molecule has 1 aliphatic rings. The summed E-state index contributed by atoms with van der Waals surface area (Å²) in [6, 6.07) is 9.42. The monoisotopic (exact) mass is 385 g/mol. The number of benzene rings is 2. The molecule has 0 fully saturated rings. The molecule has 1 amide bonds. The minimum atomic E-state index is -0.0966. The van der Waals surface area contributed by atoms with Gasteiger partial charge in [0.2, 0.25) is 5.91 Å². The summed E-state index contributed by atoms with van der Waals surface area (Å²) in [6.07, 6.45) is 1.26. The first-order valence-corrected chi connectivity index (χ1v) is 9.46. The van der Waals surface area contributed by atoms with E-state index in [0.717, 1.165) is 34.6 Å². The van der Waals surface area contributed by atoms with Crippen molar-refractivity contribution in [2.24, 2.45) is 0 Å². The molecule has 0 aromatic heterocycles. The highest BCUT2D eigenvalue weighted by atomic mass is 16.5. The van der Waals surface area contributed by atoms with Gasteiger partial charge in [0.05, 0.1) is 27.2 Å². The van der Waals surface area contributed by atoms with Crippen molar-refractivity contribution >= 4 is 5.91 Å². The third-order valence-electron chi connectivity index (χ3n) is 4.70. The van der Waals surface area contributed by atoms with E-state index < -0.39 is 0 Å². The number of amides is 1. The first-order valence-electron chi connectivity index (χ1n) is 9.46. The smallest absolute Gasteiger partial charge is 0.224 e. The van der Waals surface area contributed by atoms with E-state index in [1.807, 2.05) is 38.1 Å². The number of ether oxygens (including phenoxy) is 4. The van der Waals surface area contributed by atoms with Crippen LogP contribution in [0.15, 0.2) is 30.3 Å². The highest BCUT2D eigenvalue weighted by Crippen LogP contribution is 2.35. The van der Waals surface area contributed by atoms with Crippen molar-refractivity contribution < 1.29 is 23.7 Å². The van der Waals surface area contributed by atoms with Crippen LogP contribution < -0.4 is 24.3 Å². The molecule has 6 heteroatoms. The van der Waals surface area contributed by atoms with Gasteiger partial charge >= 0.3 is 0 Å². The van der Waals surface area contributed by atoms with E-state index in [-0.39, 0.29) is 18.4 Å². The van der Waals surface area contributed by atoms with Gasteiger partial charge in [0.25, 0.3) is 0 Å². The topological polar surface area (TPSA) is 66.0 Å². The molecule has 1 aliphatic heterocycles. The van der Waals surface area contributed by atoms with Crippen LogP contribution in [0.1, 0.15) is 30.5 Å². The maximum atomic E-state index is 12.5. The Labute approximate surface area is 165 Å². The maximum absolute atomic E-state index is 12.5. The van der Waals surface area contributed by atoms with Crippen LogP contribution in [0, 0.1) is 0 Å². The van der Waals surface area contributed by atoms with E-state index in [2.05, 4.69) is 5.32 Å². The number of hydrogen-bond donors (Lipinski definition) is 1. The Morgan fingerprint density at radius 2 is 1.96 bits per heavy atom. The second kappa shape index (κ2) is 8.87. The second-order valence-electron chi connectivity index (χ2n) is 6.76. The molecule has 0 radical (unpaired) electrons. The lowest BCUT2D eigenvalue weighted by atomic mass is 10.1. The number of hydrogen-bond acceptors (Lipinski definition) is 5. The standard InChI is InChI=1S/C22H27NO5/c1-5-27-20-9-16-8-14(2)28-21(16)10-17(20)13-23-22(24)11-15-6-7-18(25-3)12-19(15)26-4/h6-7,9-10,12,14H,5,8,11,13H2,1-4H3,(H,23,24)/t14-/m0/s1. The highest BCUT2D eigenvalue weighted by molar-refractivity contribution is 5.79. The molecule has 28 heavy (non-hydrogen) atoms. The lowest BCUT2D eigenvalue weighted by Gasteiger charge is -2.14. The summed E-state index contributed by atoms with van der Waals surface area (Å²) in [6.45, 7) is 4.94. The number of carbonyl (C=O) groups excluding carboxylic acids is 1. The minimum Gasteiger partial charge on any atom is -0.497 e. The normalized spacial score (nSPS) is 14.8. The van der Waals surface area contributed by atoms with Gasteiger partial charge in [-0.05, 0) is 32.0 Å². The first-order chi connectivity index (χ1) is 13.5. The van der Waals surface area contributed by atoms with Gasteiger partial charge in [-0.15, -0.1) is 0 Å². The SMILES string of the molecule is CCOc1cc2c(cc1CNC(=O)Cc1ccc(OC)cc1OC)O[C@@H](C)C2. The predicted molar refractivity (Wildman–Crippen MR) is 107 cm³/mol. The maximum Gasteiger partial charge on any atom is 0.224 e. The van der Waals surface area contributed by atoms with Crippen LogP contribution in [0.5, 0.6) is 23.0 Å². The summed E-state index contributed by atoms with van der Waals surface area (Å²) in [7, 11) is 3.17. The van der Waals surface area contributed by atoms with Crippen molar-refractivity contribution in [3.63, 3.8) is 0 Å². The molecule has 2 aromatic rings. The van der Waals surface area contributed by atoms with Crippen molar-refractivity contribution in [1.29, 1.82) is 0 Å². The van der Waals surface area contributed by atoms with E-state index in [4.69, 9.17) is 18.9 Å². The largest absolute Gasteiger partial charge is 0.497 e. The van der Waals surface area contributed by atoms with E-state index >= 15 is 0 Å². The summed E-state index contributed by atoms with van der Waals surface area (Å²) in [5, 5.41) is 2.97. The molecule has 0 unspecified atom stereocenters. The zero-order valence-electron chi connectivity index (χ0n) is 16.8. The Morgan fingerprint density at radius 3 is 2.68 bits per heavy atom. The molecule has 0 saturated carbocycles. The van der Waals surface area contributed by atoms with Crippen LogP contribution in [-0.2, 0) is 24.2 Å². The van der Waals surface area contributed by atoms with Crippen molar-refractivity contribution in [3.8, 4) is 23.0 Å². The minimum absolute atomic E-state index is 0.0966. The van der Waals surface area contributed by atoms with E-state index in [1.54, 1.807) is 20.3 Å². The number of carbonyl (C=O) groups is 1. The van der Waals surface area contributed by atoms with Gasteiger partial charge in [0, 0.05) is 35.7 Å². The molecule has 6 nitrogen and oxygen atoms in total. The zero-order valence-corrected chi connectivity index (χ0v) is 16.8. The van der Waals surface area contributed by atoms with Crippen LogP contribution in [0.4, 0.5) is 0 Å². The van der Waals surface area contributed by atoms with Gasteiger partial charge < -0.3 is 24.3 Å².